The summed E-state index contributed by atoms with van der Waals surface area (Å²) >= 11 is 1.54. The zero-order valence-corrected chi connectivity index (χ0v) is 18.8. The molecule has 1 aliphatic heterocycles. The van der Waals surface area contributed by atoms with Gasteiger partial charge in [0.2, 0.25) is 10.1 Å². The summed E-state index contributed by atoms with van der Waals surface area (Å²) in [6.45, 7) is 7.13. The molecule has 3 aromatic rings. The highest BCUT2D eigenvalue weighted by Crippen LogP contribution is 2.37. The summed E-state index contributed by atoms with van der Waals surface area (Å²) < 4.78 is 40.9. The van der Waals surface area contributed by atoms with E-state index in [1.807, 2.05) is 4.52 Å². The van der Waals surface area contributed by atoms with E-state index < -0.39 is 11.7 Å². The van der Waals surface area contributed by atoms with Crippen molar-refractivity contribution in [2.24, 2.45) is 0 Å². The van der Waals surface area contributed by atoms with Crippen molar-refractivity contribution in [3.05, 3.63) is 29.8 Å². The molecule has 2 fully saturated rings. The molecule has 10 heteroatoms. The fourth-order valence-electron chi connectivity index (χ4n) is 4.53. The molecule has 172 valence electrons. The van der Waals surface area contributed by atoms with Crippen LogP contribution in [0.3, 0.4) is 0 Å². The third-order valence-electron chi connectivity index (χ3n) is 6.46. The Kier molecular flexibility index (Phi) is 5.75. The maximum absolute atomic E-state index is 13.0. The SMILES string of the molecule is CCN1CCN(c2nn3c(NC4CCCC4)c(-c4ccc(C(F)(F)F)cc4)nc3s2)CC1. The average Bonchev–Trinajstić information content (AvgIpc) is 3.51. The van der Waals surface area contributed by atoms with Crippen molar-refractivity contribution in [1.82, 2.24) is 19.5 Å². The van der Waals surface area contributed by atoms with Crippen molar-refractivity contribution in [2.45, 2.75) is 44.8 Å². The number of alkyl halides is 3. The van der Waals surface area contributed by atoms with Gasteiger partial charge in [0.15, 0.2) is 5.82 Å². The van der Waals surface area contributed by atoms with Crippen LogP contribution in [0.4, 0.5) is 24.1 Å². The van der Waals surface area contributed by atoms with Crippen LogP contribution in [0.5, 0.6) is 0 Å². The van der Waals surface area contributed by atoms with Gasteiger partial charge < -0.3 is 15.1 Å². The molecule has 0 unspecified atom stereocenters. The van der Waals surface area contributed by atoms with E-state index in [-0.39, 0.29) is 0 Å². The number of nitrogens with one attached hydrogen (secondary N) is 1. The number of rotatable bonds is 5. The summed E-state index contributed by atoms with van der Waals surface area (Å²) in [5.41, 5.74) is 0.667. The number of anilines is 2. The number of fused-ring (bicyclic) bond motifs is 1. The first kappa shape index (κ1) is 21.5. The molecule has 0 atom stereocenters. The number of halogens is 3. The average molecular weight is 465 g/mol. The van der Waals surface area contributed by atoms with Gasteiger partial charge in [0.1, 0.15) is 5.69 Å². The van der Waals surface area contributed by atoms with Crippen LogP contribution in [-0.4, -0.2) is 58.3 Å². The zero-order chi connectivity index (χ0) is 22.3. The smallest absolute Gasteiger partial charge is 0.365 e. The molecule has 0 amide bonds. The first-order valence-electron chi connectivity index (χ1n) is 11.2. The Balaban J connectivity index is 1.49. The van der Waals surface area contributed by atoms with Crippen LogP contribution in [0.1, 0.15) is 38.2 Å². The maximum Gasteiger partial charge on any atom is 0.416 e. The molecule has 6 nitrogen and oxygen atoms in total. The molecule has 1 saturated carbocycles. The second kappa shape index (κ2) is 8.55. The van der Waals surface area contributed by atoms with Gasteiger partial charge in [-0.2, -0.15) is 17.7 Å². The van der Waals surface area contributed by atoms with Crippen molar-refractivity contribution >= 4 is 27.2 Å². The fraction of sp³-hybridized carbons (Fsp3) is 0.545. The molecule has 2 aliphatic rings. The highest BCUT2D eigenvalue weighted by Gasteiger charge is 2.31. The number of aromatic nitrogens is 3. The molecule has 1 aliphatic carbocycles. The van der Waals surface area contributed by atoms with Crippen molar-refractivity contribution in [3.63, 3.8) is 0 Å². The van der Waals surface area contributed by atoms with E-state index in [2.05, 4.69) is 22.0 Å². The highest BCUT2D eigenvalue weighted by molar-refractivity contribution is 7.20. The number of hydrogen-bond donors (Lipinski definition) is 1. The number of hydrogen-bond acceptors (Lipinski definition) is 6. The Hall–Kier alpha value is -2.33. The van der Waals surface area contributed by atoms with Crippen LogP contribution in [0.15, 0.2) is 24.3 Å². The second-order valence-corrected chi connectivity index (χ2v) is 9.44. The fourth-order valence-corrected chi connectivity index (χ4v) is 5.49. The Morgan fingerprint density at radius 1 is 1.06 bits per heavy atom. The molecule has 0 bridgehead atoms. The lowest BCUT2D eigenvalue weighted by molar-refractivity contribution is -0.137. The van der Waals surface area contributed by atoms with Gasteiger partial charge in [-0.3, -0.25) is 0 Å². The van der Waals surface area contributed by atoms with E-state index in [9.17, 15) is 13.2 Å². The van der Waals surface area contributed by atoms with Crippen LogP contribution < -0.4 is 10.2 Å². The first-order valence-corrected chi connectivity index (χ1v) is 12.0. The lowest BCUT2D eigenvalue weighted by atomic mass is 10.1. The van der Waals surface area contributed by atoms with Crippen LogP contribution in [0.25, 0.3) is 16.2 Å². The molecule has 2 aromatic heterocycles. The van der Waals surface area contributed by atoms with Gasteiger partial charge in [0.25, 0.3) is 0 Å². The number of benzene rings is 1. The van der Waals surface area contributed by atoms with E-state index in [1.54, 1.807) is 0 Å². The van der Waals surface area contributed by atoms with Gasteiger partial charge in [-0.25, -0.2) is 4.98 Å². The Morgan fingerprint density at radius 3 is 2.38 bits per heavy atom. The number of nitrogens with zero attached hydrogens (tertiary/aromatic N) is 5. The zero-order valence-electron chi connectivity index (χ0n) is 18.0. The quantitative estimate of drug-likeness (QED) is 0.578. The highest BCUT2D eigenvalue weighted by atomic mass is 32.1. The summed E-state index contributed by atoms with van der Waals surface area (Å²) in [5, 5.41) is 9.42. The first-order chi connectivity index (χ1) is 15.4. The number of piperazine rings is 1. The Labute approximate surface area is 189 Å². The molecular formula is C22H27F3N6S. The lowest BCUT2D eigenvalue weighted by Gasteiger charge is -2.33. The van der Waals surface area contributed by atoms with Crippen molar-refractivity contribution < 1.29 is 13.2 Å². The minimum Gasteiger partial charge on any atom is -0.365 e. The molecule has 1 N–H and O–H groups in total. The molecule has 3 heterocycles. The molecule has 1 saturated heterocycles. The summed E-state index contributed by atoms with van der Waals surface area (Å²) in [4.78, 5) is 10.3. The van der Waals surface area contributed by atoms with Gasteiger partial charge in [-0.05, 0) is 31.5 Å². The predicted octanol–water partition coefficient (Wildman–Crippen LogP) is 4.97. The molecule has 0 spiro atoms. The number of imidazole rings is 1. The van der Waals surface area contributed by atoms with E-state index in [1.165, 1.54) is 36.3 Å². The van der Waals surface area contributed by atoms with Crippen LogP contribution in [-0.2, 0) is 6.18 Å². The van der Waals surface area contributed by atoms with Crippen molar-refractivity contribution in [3.8, 4) is 11.3 Å². The summed E-state index contributed by atoms with van der Waals surface area (Å²) in [5.74, 6) is 0.779. The molecular weight excluding hydrogens is 437 g/mol. The van der Waals surface area contributed by atoms with Crippen molar-refractivity contribution in [2.75, 3.05) is 42.9 Å². The predicted molar refractivity (Wildman–Crippen MR) is 122 cm³/mol. The van der Waals surface area contributed by atoms with Crippen LogP contribution in [0.2, 0.25) is 0 Å². The van der Waals surface area contributed by atoms with Gasteiger partial charge in [-0.1, -0.05) is 43.2 Å². The molecule has 5 rings (SSSR count). The van der Waals surface area contributed by atoms with Gasteiger partial charge in [-0.15, -0.1) is 5.10 Å². The third kappa shape index (κ3) is 4.17. The maximum atomic E-state index is 13.0. The van der Waals surface area contributed by atoms with E-state index in [0.29, 0.717) is 17.3 Å². The topological polar surface area (TPSA) is 48.7 Å². The lowest BCUT2D eigenvalue weighted by Crippen LogP contribution is -2.46. The standard InChI is InChI=1S/C22H27F3N6S/c1-2-29-11-13-30(14-12-29)21-28-31-19(26-17-5-3-4-6-17)18(27-20(31)32-21)15-7-9-16(10-8-15)22(23,24)25/h7-10,17,26H,2-6,11-14H2,1H3. The normalized spacial score (nSPS) is 18.7. The molecule has 32 heavy (non-hydrogen) atoms. The van der Waals surface area contributed by atoms with E-state index >= 15 is 0 Å². The number of likely N-dealkylation sites (N-methyl/N-ethyl adjacent to an activating group) is 1. The summed E-state index contributed by atoms with van der Waals surface area (Å²) in [7, 11) is 0. The van der Waals surface area contributed by atoms with Crippen LogP contribution >= 0.6 is 11.3 Å². The largest absolute Gasteiger partial charge is 0.416 e. The monoisotopic (exact) mass is 464 g/mol. The second-order valence-electron chi connectivity index (χ2n) is 8.51. The van der Waals surface area contributed by atoms with Gasteiger partial charge >= 0.3 is 6.18 Å². The Bertz CT molecular complexity index is 1060. The Morgan fingerprint density at radius 2 is 1.75 bits per heavy atom. The van der Waals surface area contributed by atoms with Gasteiger partial charge in [0.05, 0.1) is 5.56 Å². The summed E-state index contributed by atoms with van der Waals surface area (Å²) in [6.07, 6.45) is 0.167. The molecule has 0 radical (unpaired) electrons. The third-order valence-corrected chi connectivity index (χ3v) is 7.43. The van der Waals surface area contributed by atoms with Crippen molar-refractivity contribution in [1.29, 1.82) is 0 Å². The van der Waals surface area contributed by atoms with Gasteiger partial charge in [0, 0.05) is 37.8 Å². The summed E-state index contributed by atoms with van der Waals surface area (Å²) in [6, 6.07) is 5.57. The van der Waals surface area contributed by atoms with E-state index in [4.69, 9.17) is 10.1 Å². The van der Waals surface area contributed by atoms with Crippen LogP contribution in [0, 0.1) is 0 Å². The minimum absolute atomic E-state index is 0.335. The minimum atomic E-state index is -4.35. The van der Waals surface area contributed by atoms with E-state index in [0.717, 1.165) is 73.6 Å². The molecule has 1 aromatic carbocycles.